The number of aromatic hydroxyl groups is 1. The quantitative estimate of drug-likeness (QED) is 0.848. The van der Waals surface area contributed by atoms with E-state index in [1.165, 1.54) is 6.07 Å². The molecule has 1 amide bonds. The standard InChI is InChI=1S/C14H13IN2O2/c1-2-17(11-5-7-16-8-6-11)14(19)10-3-4-12(15)13(18)9-10/h3-9,18H,2H2,1H3. The number of halogens is 1. The number of phenols is 1. The Bertz CT molecular complexity index is 587. The first-order valence-corrected chi connectivity index (χ1v) is 6.91. The van der Waals surface area contributed by atoms with Crippen LogP contribution in [-0.4, -0.2) is 22.5 Å². The summed E-state index contributed by atoms with van der Waals surface area (Å²) in [4.78, 5) is 18.0. The molecule has 0 aliphatic rings. The minimum absolute atomic E-state index is 0.122. The smallest absolute Gasteiger partial charge is 0.258 e. The van der Waals surface area contributed by atoms with Crippen LogP contribution >= 0.6 is 22.6 Å². The van der Waals surface area contributed by atoms with Crippen LogP contribution in [-0.2, 0) is 0 Å². The van der Waals surface area contributed by atoms with Crippen molar-refractivity contribution in [3.05, 3.63) is 51.9 Å². The Labute approximate surface area is 125 Å². The van der Waals surface area contributed by atoms with Crippen molar-refractivity contribution in [2.24, 2.45) is 0 Å². The summed E-state index contributed by atoms with van der Waals surface area (Å²) in [5.74, 6) is -0.0161. The Kier molecular flexibility index (Phi) is 4.36. The van der Waals surface area contributed by atoms with Crippen molar-refractivity contribution >= 4 is 34.2 Å². The third-order valence-corrected chi connectivity index (χ3v) is 3.64. The number of carbonyl (C=O) groups excluding carboxylic acids is 1. The molecular formula is C14H13IN2O2. The molecule has 2 rings (SSSR count). The van der Waals surface area contributed by atoms with Gasteiger partial charge in [0.05, 0.1) is 3.57 Å². The average Bonchev–Trinajstić information content (AvgIpc) is 2.44. The molecular weight excluding hydrogens is 355 g/mol. The molecule has 0 aliphatic heterocycles. The van der Waals surface area contributed by atoms with E-state index in [0.717, 1.165) is 9.26 Å². The fourth-order valence-electron chi connectivity index (χ4n) is 1.77. The Balaban J connectivity index is 2.33. The highest BCUT2D eigenvalue weighted by molar-refractivity contribution is 14.1. The lowest BCUT2D eigenvalue weighted by atomic mass is 10.1. The summed E-state index contributed by atoms with van der Waals surface area (Å²) in [6.45, 7) is 2.46. The molecule has 19 heavy (non-hydrogen) atoms. The number of carbonyl (C=O) groups is 1. The molecule has 0 unspecified atom stereocenters. The van der Waals surface area contributed by atoms with Gasteiger partial charge in [0.1, 0.15) is 5.75 Å². The van der Waals surface area contributed by atoms with Crippen molar-refractivity contribution in [1.29, 1.82) is 0 Å². The van der Waals surface area contributed by atoms with Crippen molar-refractivity contribution in [3.63, 3.8) is 0 Å². The highest BCUT2D eigenvalue weighted by atomic mass is 127. The van der Waals surface area contributed by atoms with E-state index in [-0.39, 0.29) is 11.7 Å². The first kappa shape index (κ1) is 13.8. The predicted octanol–water partition coefficient (Wildman–Crippen LogP) is 3.06. The van der Waals surface area contributed by atoms with Crippen LogP contribution in [0.1, 0.15) is 17.3 Å². The Hall–Kier alpha value is -1.63. The van der Waals surface area contributed by atoms with Crippen molar-refractivity contribution in [2.45, 2.75) is 6.92 Å². The Morgan fingerprint density at radius 3 is 2.58 bits per heavy atom. The lowest BCUT2D eigenvalue weighted by Crippen LogP contribution is -2.30. The van der Waals surface area contributed by atoms with Crippen LogP contribution in [0, 0.1) is 3.57 Å². The van der Waals surface area contributed by atoms with Gasteiger partial charge in [-0.15, -0.1) is 0 Å². The van der Waals surface area contributed by atoms with Gasteiger partial charge in [-0.25, -0.2) is 0 Å². The van der Waals surface area contributed by atoms with E-state index in [1.54, 1.807) is 41.6 Å². The molecule has 0 fully saturated rings. The number of hydrogen-bond donors (Lipinski definition) is 1. The van der Waals surface area contributed by atoms with Gasteiger partial charge in [0.2, 0.25) is 0 Å². The number of hydrogen-bond acceptors (Lipinski definition) is 3. The molecule has 5 heteroatoms. The number of amides is 1. The minimum Gasteiger partial charge on any atom is -0.507 e. The maximum atomic E-state index is 12.4. The van der Waals surface area contributed by atoms with Crippen molar-refractivity contribution in [2.75, 3.05) is 11.4 Å². The first-order valence-electron chi connectivity index (χ1n) is 5.84. The zero-order valence-electron chi connectivity index (χ0n) is 10.4. The molecule has 1 aromatic heterocycles. The Morgan fingerprint density at radius 1 is 1.32 bits per heavy atom. The van der Waals surface area contributed by atoms with E-state index in [1.807, 2.05) is 29.5 Å². The molecule has 1 heterocycles. The van der Waals surface area contributed by atoms with Gasteiger partial charge in [-0.1, -0.05) is 0 Å². The third-order valence-electron chi connectivity index (χ3n) is 2.73. The molecule has 98 valence electrons. The van der Waals surface area contributed by atoms with E-state index >= 15 is 0 Å². The second-order valence-corrected chi connectivity index (χ2v) is 5.08. The molecule has 4 nitrogen and oxygen atoms in total. The minimum atomic E-state index is -0.139. The van der Waals surface area contributed by atoms with Crippen LogP contribution in [0.2, 0.25) is 0 Å². The van der Waals surface area contributed by atoms with Gasteiger partial charge < -0.3 is 10.0 Å². The number of phenolic OH excluding ortho intramolecular Hbond substituents is 1. The summed E-state index contributed by atoms with van der Waals surface area (Å²) in [5, 5.41) is 9.69. The van der Waals surface area contributed by atoms with Gasteiger partial charge in [-0.3, -0.25) is 9.78 Å². The second kappa shape index (κ2) is 6.01. The fourth-order valence-corrected chi connectivity index (χ4v) is 2.10. The molecule has 0 spiro atoms. The van der Waals surface area contributed by atoms with E-state index in [2.05, 4.69) is 4.98 Å². The van der Waals surface area contributed by atoms with E-state index < -0.39 is 0 Å². The number of anilines is 1. The number of rotatable bonds is 3. The summed E-state index contributed by atoms with van der Waals surface area (Å²) in [5.41, 5.74) is 1.26. The van der Waals surface area contributed by atoms with Crippen LogP contribution in [0.4, 0.5) is 5.69 Å². The summed E-state index contributed by atoms with van der Waals surface area (Å²) >= 11 is 2.02. The van der Waals surface area contributed by atoms with Crippen LogP contribution in [0.3, 0.4) is 0 Å². The molecule has 0 atom stereocenters. The zero-order chi connectivity index (χ0) is 13.8. The monoisotopic (exact) mass is 368 g/mol. The topological polar surface area (TPSA) is 53.4 Å². The number of benzene rings is 1. The molecule has 1 N–H and O–H groups in total. The molecule has 0 bridgehead atoms. The van der Waals surface area contributed by atoms with Gasteiger partial charge in [0.25, 0.3) is 5.91 Å². The summed E-state index contributed by atoms with van der Waals surface area (Å²) in [7, 11) is 0. The number of pyridine rings is 1. The lowest BCUT2D eigenvalue weighted by molar-refractivity contribution is 0.0988. The maximum Gasteiger partial charge on any atom is 0.258 e. The van der Waals surface area contributed by atoms with Crippen LogP contribution < -0.4 is 4.90 Å². The second-order valence-electron chi connectivity index (χ2n) is 3.92. The molecule has 1 aromatic carbocycles. The summed E-state index contributed by atoms with van der Waals surface area (Å²) < 4.78 is 0.723. The van der Waals surface area contributed by atoms with Gasteiger partial charge in [0.15, 0.2) is 0 Å². The van der Waals surface area contributed by atoms with Crippen LogP contribution in [0.15, 0.2) is 42.7 Å². The van der Waals surface area contributed by atoms with Crippen molar-refractivity contribution in [1.82, 2.24) is 4.98 Å². The zero-order valence-corrected chi connectivity index (χ0v) is 12.5. The number of nitrogens with zero attached hydrogens (tertiary/aromatic N) is 2. The highest BCUT2D eigenvalue weighted by Crippen LogP contribution is 2.23. The van der Waals surface area contributed by atoms with E-state index in [0.29, 0.717) is 12.1 Å². The van der Waals surface area contributed by atoms with Crippen molar-refractivity contribution in [3.8, 4) is 5.75 Å². The van der Waals surface area contributed by atoms with Gasteiger partial charge in [0, 0.05) is 30.2 Å². The van der Waals surface area contributed by atoms with Crippen molar-refractivity contribution < 1.29 is 9.90 Å². The largest absolute Gasteiger partial charge is 0.507 e. The first-order chi connectivity index (χ1) is 9.13. The normalized spacial score (nSPS) is 10.2. The van der Waals surface area contributed by atoms with E-state index in [9.17, 15) is 9.90 Å². The van der Waals surface area contributed by atoms with Crippen LogP contribution in [0.25, 0.3) is 0 Å². The third kappa shape index (κ3) is 3.04. The molecule has 0 radical (unpaired) electrons. The molecule has 0 saturated heterocycles. The molecule has 0 aliphatic carbocycles. The highest BCUT2D eigenvalue weighted by Gasteiger charge is 2.16. The number of aromatic nitrogens is 1. The SMILES string of the molecule is CCN(C(=O)c1ccc(I)c(O)c1)c1ccncc1. The average molecular weight is 368 g/mol. The van der Waals surface area contributed by atoms with Crippen LogP contribution in [0.5, 0.6) is 5.75 Å². The summed E-state index contributed by atoms with van der Waals surface area (Å²) in [6.07, 6.45) is 3.30. The van der Waals surface area contributed by atoms with Gasteiger partial charge in [-0.2, -0.15) is 0 Å². The van der Waals surface area contributed by atoms with Gasteiger partial charge in [-0.05, 0) is 59.8 Å². The predicted molar refractivity (Wildman–Crippen MR) is 82.4 cm³/mol. The van der Waals surface area contributed by atoms with Gasteiger partial charge >= 0.3 is 0 Å². The summed E-state index contributed by atoms with van der Waals surface area (Å²) in [6, 6.07) is 8.51. The molecule has 2 aromatic rings. The lowest BCUT2D eigenvalue weighted by Gasteiger charge is -2.21. The van der Waals surface area contributed by atoms with E-state index in [4.69, 9.17) is 0 Å². The Morgan fingerprint density at radius 2 is 2.00 bits per heavy atom. The maximum absolute atomic E-state index is 12.4. The fraction of sp³-hybridized carbons (Fsp3) is 0.143. The molecule has 0 saturated carbocycles.